The topological polar surface area (TPSA) is 116 Å². The van der Waals surface area contributed by atoms with Crippen LogP contribution in [0, 0.1) is 5.82 Å². The molecule has 3 fully saturated rings. The van der Waals surface area contributed by atoms with Crippen molar-refractivity contribution >= 4 is 41.0 Å². The number of rotatable bonds is 7. The van der Waals surface area contributed by atoms with E-state index in [1.807, 2.05) is 6.92 Å². The number of amides is 3. The van der Waals surface area contributed by atoms with Gasteiger partial charge in [-0.3, -0.25) is 14.7 Å². The van der Waals surface area contributed by atoms with Crippen LogP contribution in [0.3, 0.4) is 0 Å². The lowest BCUT2D eigenvalue weighted by Crippen LogP contribution is -2.36. The first-order valence-corrected chi connectivity index (χ1v) is 13.1. The van der Waals surface area contributed by atoms with Gasteiger partial charge in [0, 0.05) is 36.2 Å². The highest BCUT2D eigenvalue weighted by Gasteiger charge is 2.40. The summed E-state index contributed by atoms with van der Waals surface area (Å²) in [5, 5.41) is 12.7. The standard InChI is InChI=1S/C26H31ClFN5O4/c1-14(17-7-8-19(23(28)22(17)27)33-11-3-4-21(33)34)24(35)29-20-13-18(31-32-20)15-5-6-16(12-15)37-25(36)30-26(2)9-10-26/h7-8,13-16H,3-6,9-12H2,1-2H3,(H,30,36)(H2,29,31,32,35)/t14?,15-,16-/m0/s1. The second-order valence-corrected chi connectivity index (χ2v) is 11.0. The molecule has 9 nitrogen and oxygen atoms in total. The Labute approximate surface area is 219 Å². The van der Waals surface area contributed by atoms with Gasteiger partial charge in [0.05, 0.1) is 16.6 Å². The van der Waals surface area contributed by atoms with Crippen LogP contribution in [0.4, 0.5) is 20.7 Å². The Hall–Kier alpha value is -3.14. The van der Waals surface area contributed by atoms with E-state index in [-0.39, 0.29) is 46.2 Å². The third-order valence-electron chi connectivity index (χ3n) is 7.67. The molecule has 1 saturated heterocycles. The van der Waals surface area contributed by atoms with Crippen molar-refractivity contribution < 1.29 is 23.5 Å². The van der Waals surface area contributed by atoms with Crippen LogP contribution < -0.4 is 15.5 Å². The minimum absolute atomic E-state index is 0.117. The van der Waals surface area contributed by atoms with Crippen LogP contribution >= 0.6 is 11.6 Å². The summed E-state index contributed by atoms with van der Waals surface area (Å²) in [7, 11) is 0. The van der Waals surface area contributed by atoms with Gasteiger partial charge >= 0.3 is 6.09 Å². The fourth-order valence-corrected chi connectivity index (χ4v) is 5.38. The molecule has 3 N–H and O–H groups in total. The van der Waals surface area contributed by atoms with Crippen molar-refractivity contribution in [1.82, 2.24) is 15.5 Å². The third kappa shape index (κ3) is 5.44. The van der Waals surface area contributed by atoms with Gasteiger partial charge in [-0.15, -0.1) is 0 Å². The molecule has 3 atom stereocenters. The maximum Gasteiger partial charge on any atom is 0.407 e. The Balaban J connectivity index is 1.18. The molecule has 3 amide bonds. The van der Waals surface area contributed by atoms with E-state index in [0.29, 0.717) is 37.2 Å². The summed E-state index contributed by atoms with van der Waals surface area (Å²) in [4.78, 5) is 38.4. The van der Waals surface area contributed by atoms with Gasteiger partial charge in [-0.25, -0.2) is 9.18 Å². The second-order valence-electron chi connectivity index (χ2n) is 10.6. The number of nitrogens with zero attached hydrogens (tertiary/aromatic N) is 2. The Bertz CT molecular complexity index is 1230. The molecular weight excluding hydrogens is 501 g/mol. The lowest BCUT2D eigenvalue weighted by Gasteiger charge is -2.20. The van der Waals surface area contributed by atoms with Gasteiger partial charge in [-0.1, -0.05) is 17.7 Å². The molecule has 2 aromatic rings. The van der Waals surface area contributed by atoms with Gasteiger partial charge in [0.2, 0.25) is 11.8 Å². The van der Waals surface area contributed by atoms with Crippen LogP contribution in [0.2, 0.25) is 5.02 Å². The first-order chi connectivity index (χ1) is 17.6. The Morgan fingerprint density at radius 1 is 1.32 bits per heavy atom. The Kier molecular flexibility index (Phi) is 6.87. The number of nitrogens with one attached hydrogen (secondary N) is 3. The average molecular weight is 532 g/mol. The summed E-state index contributed by atoms with van der Waals surface area (Å²) in [6.45, 7) is 4.09. The number of benzene rings is 1. The summed E-state index contributed by atoms with van der Waals surface area (Å²) < 4.78 is 20.6. The number of anilines is 2. The van der Waals surface area contributed by atoms with Crippen LogP contribution in [0.5, 0.6) is 0 Å². The summed E-state index contributed by atoms with van der Waals surface area (Å²) in [5.41, 5.74) is 1.20. The van der Waals surface area contributed by atoms with E-state index in [1.165, 1.54) is 11.0 Å². The predicted octanol–water partition coefficient (Wildman–Crippen LogP) is 4.99. The van der Waals surface area contributed by atoms with Crippen molar-refractivity contribution in [3.63, 3.8) is 0 Å². The summed E-state index contributed by atoms with van der Waals surface area (Å²) in [5.74, 6) is -1.49. The molecular formula is C26H31ClFN5O4. The lowest BCUT2D eigenvalue weighted by molar-refractivity contribution is -0.118. The zero-order valence-corrected chi connectivity index (χ0v) is 21.7. The molecule has 1 unspecified atom stereocenters. The fourth-order valence-electron chi connectivity index (χ4n) is 5.05. The van der Waals surface area contributed by atoms with Crippen molar-refractivity contribution in [3.8, 4) is 0 Å². The van der Waals surface area contributed by atoms with Crippen molar-refractivity contribution in [2.75, 3.05) is 16.8 Å². The average Bonchev–Trinajstić information content (AvgIpc) is 3.26. The number of alkyl carbamates (subject to hydrolysis) is 1. The highest BCUT2D eigenvalue weighted by Crippen LogP contribution is 2.38. The number of hydrogen-bond acceptors (Lipinski definition) is 5. The van der Waals surface area contributed by atoms with Crippen molar-refractivity contribution in [2.24, 2.45) is 0 Å². The maximum absolute atomic E-state index is 15.0. The number of aromatic amines is 1. The number of ether oxygens (including phenoxy) is 1. The van der Waals surface area contributed by atoms with Crippen molar-refractivity contribution in [2.45, 2.75) is 82.3 Å². The molecule has 11 heteroatoms. The largest absolute Gasteiger partial charge is 0.446 e. The summed E-state index contributed by atoms with van der Waals surface area (Å²) >= 11 is 6.29. The fraction of sp³-hybridized carbons (Fsp3) is 0.538. The third-order valence-corrected chi connectivity index (χ3v) is 8.05. The minimum atomic E-state index is -0.749. The molecule has 3 aliphatic rings. The number of H-pyrrole nitrogens is 1. The van der Waals surface area contributed by atoms with Gasteiger partial charge in [-0.2, -0.15) is 5.10 Å². The van der Waals surface area contributed by atoms with E-state index in [2.05, 4.69) is 20.8 Å². The van der Waals surface area contributed by atoms with E-state index in [0.717, 1.165) is 31.4 Å². The van der Waals surface area contributed by atoms with E-state index >= 15 is 0 Å². The molecule has 2 heterocycles. The van der Waals surface area contributed by atoms with Crippen LogP contribution in [-0.2, 0) is 14.3 Å². The van der Waals surface area contributed by atoms with E-state index in [4.69, 9.17) is 16.3 Å². The predicted molar refractivity (Wildman–Crippen MR) is 136 cm³/mol. The van der Waals surface area contributed by atoms with Crippen LogP contribution in [0.15, 0.2) is 18.2 Å². The van der Waals surface area contributed by atoms with Gasteiger partial charge in [0.15, 0.2) is 11.6 Å². The van der Waals surface area contributed by atoms with E-state index in [1.54, 1.807) is 19.1 Å². The number of aromatic nitrogens is 2. The second kappa shape index (κ2) is 9.96. The number of halogens is 2. The van der Waals surface area contributed by atoms with E-state index in [9.17, 15) is 18.8 Å². The molecule has 0 spiro atoms. The molecule has 2 aliphatic carbocycles. The van der Waals surface area contributed by atoms with Crippen molar-refractivity contribution in [1.29, 1.82) is 0 Å². The number of hydrogen-bond donors (Lipinski definition) is 3. The van der Waals surface area contributed by atoms with Gasteiger partial charge in [0.1, 0.15) is 6.10 Å². The van der Waals surface area contributed by atoms with Crippen LogP contribution in [0.25, 0.3) is 0 Å². The molecule has 1 aromatic carbocycles. The molecule has 2 saturated carbocycles. The normalized spacial score (nSPS) is 23.1. The van der Waals surface area contributed by atoms with Gasteiger partial charge < -0.3 is 20.3 Å². The minimum Gasteiger partial charge on any atom is -0.446 e. The van der Waals surface area contributed by atoms with E-state index < -0.39 is 11.7 Å². The lowest BCUT2D eigenvalue weighted by atomic mass is 9.99. The quantitative estimate of drug-likeness (QED) is 0.465. The van der Waals surface area contributed by atoms with Gasteiger partial charge in [0.25, 0.3) is 0 Å². The smallest absolute Gasteiger partial charge is 0.407 e. The molecule has 0 radical (unpaired) electrons. The first-order valence-electron chi connectivity index (χ1n) is 12.8. The molecule has 0 bridgehead atoms. The zero-order valence-electron chi connectivity index (χ0n) is 20.9. The molecule has 1 aliphatic heterocycles. The highest BCUT2D eigenvalue weighted by atomic mass is 35.5. The van der Waals surface area contributed by atoms with Crippen LogP contribution in [-0.4, -0.2) is 46.3 Å². The SMILES string of the molecule is CC(C(=O)Nc1cc([C@H]2CC[C@H](OC(=O)NC3(C)CC3)C2)[nH]n1)c1ccc(N2CCCC2=O)c(F)c1Cl. The molecule has 37 heavy (non-hydrogen) atoms. The Morgan fingerprint density at radius 3 is 2.81 bits per heavy atom. The first kappa shape index (κ1) is 25.5. The zero-order chi connectivity index (χ0) is 26.3. The molecule has 1 aromatic heterocycles. The summed E-state index contributed by atoms with van der Waals surface area (Å²) in [6, 6.07) is 4.86. The number of carbonyl (C=O) groups excluding carboxylic acids is 3. The Morgan fingerprint density at radius 2 is 2.11 bits per heavy atom. The highest BCUT2D eigenvalue weighted by molar-refractivity contribution is 6.32. The molecule has 5 rings (SSSR count). The van der Waals surface area contributed by atoms with Crippen molar-refractivity contribution in [3.05, 3.63) is 40.3 Å². The van der Waals surface area contributed by atoms with Gasteiger partial charge in [-0.05, 0) is 64.0 Å². The maximum atomic E-state index is 15.0. The molecule has 198 valence electrons. The van der Waals surface area contributed by atoms with Crippen LogP contribution in [0.1, 0.15) is 81.9 Å². The summed E-state index contributed by atoms with van der Waals surface area (Å²) in [6.07, 6.45) is 4.75. The monoisotopic (exact) mass is 531 g/mol. The number of carbonyl (C=O) groups is 3.